The van der Waals surface area contributed by atoms with Crippen LogP contribution in [0.1, 0.15) is 18.1 Å². The summed E-state index contributed by atoms with van der Waals surface area (Å²) in [6.07, 6.45) is 0.948. The summed E-state index contributed by atoms with van der Waals surface area (Å²) < 4.78 is 13.4. The molecule has 3 rings (SSSR count). The second-order valence-electron chi connectivity index (χ2n) is 4.79. The van der Waals surface area contributed by atoms with E-state index >= 15 is 0 Å². The number of nitrogens with zero attached hydrogens (tertiary/aromatic N) is 4. The number of ether oxygens (including phenoxy) is 2. The van der Waals surface area contributed by atoms with Crippen molar-refractivity contribution in [3.8, 4) is 0 Å². The predicted molar refractivity (Wildman–Crippen MR) is 60.3 cm³/mol. The number of likely N-dealkylation sites (tertiary alicyclic amines) is 1. The van der Waals surface area contributed by atoms with Crippen LogP contribution in [0.4, 0.5) is 0 Å². The number of rotatable bonds is 2. The van der Waals surface area contributed by atoms with Crippen LogP contribution < -0.4 is 0 Å². The Hall–Kier alpha value is -0.980. The molecule has 0 saturated carbocycles. The van der Waals surface area contributed by atoms with E-state index in [0.29, 0.717) is 0 Å². The molecule has 1 spiro atoms. The molecule has 6 nitrogen and oxygen atoms in total. The van der Waals surface area contributed by atoms with Gasteiger partial charge in [0.15, 0.2) is 5.79 Å². The van der Waals surface area contributed by atoms with Gasteiger partial charge >= 0.3 is 0 Å². The van der Waals surface area contributed by atoms with E-state index in [1.807, 2.05) is 18.5 Å². The van der Waals surface area contributed by atoms with Crippen molar-refractivity contribution in [3.63, 3.8) is 0 Å². The van der Waals surface area contributed by atoms with Gasteiger partial charge in [-0.2, -0.15) is 0 Å². The molecule has 2 saturated heterocycles. The second kappa shape index (κ2) is 4.04. The zero-order valence-corrected chi connectivity index (χ0v) is 10.3. The van der Waals surface area contributed by atoms with Gasteiger partial charge < -0.3 is 14.0 Å². The lowest BCUT2D eigenvalue weighted by Gasteiger charge is -2.22. The second-order valence-corrected chi connectivity index (χ2v) is 4.79. The van der Waals surface area contributed by atoms with Crippen LogP contribution in [0.5, 0.6) is 0 Å². The summed E-state index contributed by atoms with van der Waals surface area (Å²) >= 11 is 0. The number of aromatic nitrogens is 3. The smallest absolute Gasteiger partial charge is 0.182 e. The van der Waals surface area contributed by atoms with E-state index in [1.54, 1.807) is 0 Å². The van der Waals surface area contributed by atoms with E-state index in [-0.39, 0.29) is 5.79 Å². The Morgan fingerprint density at radius 3 is 2.71 bits per heavy atom. The fraction of sp³-hybridized carbons (Fsp3) is 0.818. The number of aryl methyl sites for hydroxylation is 1. The largest absolute Gasteiger partial charge is 0.346 e. The number of hydrogen-bond acceptors (Lipinski definition) is 5. The van der Waals surface area contributed by atoms with Crippen LogP contribution >= 0.6 is 0 Å². The summed E-state index contributed by atoms with van der Waals surface area (Å²) in [5, 5.41) is 8.25. The average molecular weight is 238 g/mol. The van der Waals surface area contributed by atoms with Gasteiger partial charge in [0.2, 0.25) is 0 Å². The first-order valence-electron chi connectivity index (χ1n) is 6.04. The lowest BCUT2D eigenvalue weighted by Crippen LogP contribution is -2.34. The Balaban J connectivity index is 1.66. The summed E-state index contributed by atoms with van der Waals surface area (Å²) in [5.41, 5.74) is 0. The maximum atomic E-state index is 5.70. The third-order valence-corrected chi connectivity index (χ3v) is 3.63. The first-order chi connectivity index (χ1) is 8.19. The fourth-order valence-corrected chi connectivity index (χ4v) is 2.48. The summed E-state index contributed by atoms with van der Waals surface area (Å²) in [7, 11) is 2.00. The maximum Gasteiger partial charge on any atom is 0.182 e. The van der Waals surface area contributed by atoms with Crippen molar-refractivity contribution >= 4 is 0 Å². The standard InChI is InChI=1S/C11H18N4O2/c1-9-12-13-10(14(9)2)7-15-4-3-11(8-15)16-5-6-17-11/h3-8H2,1-2H3. The topological polar surface area (TPSA) is 52.4 Å². The molecule has 0 amide bonds. The zero-order valence-electron chi connectivity index (χ0n) is 10.3. The van der Waals surface area contributed by atoms with E-state index in [0.717, 1.165) is 50.9 Å². The molecule has 2 aliphatic rings. The predicted octanol–water partition coefficient (Wildman–Crippen LogP) is 0.0723. The molecule has 1 aromatic rings. The molecule has 0 aliphatic carbocycles. The molecule has 1 aromatic heterocycles. The van der Waals surface area contributed by atoms with Crippen molar-refractivity contribution in [2.45, 2.75) is 25.7 Å². The maximum absolute atomic E-state index is 5.70. The van der Waals surface area contributed by atoms with Crippen LogP contribution in [0.3, 0.4) is 0 Å². The summed E-state index contributed by atoms with van der Waals surface area (Å²) in [5.74, 6) is 1.60. The van der Waals surface area contributed by atoms with Crippen molar-refractivity contribution in [2.24, 2.45) is 7.05 Å². The highest BCUT2D eigenvalue weighted by Crippen LogP contribution is 2.30. The van der Waals surface area contributed by atoms with Gasteiger partial charge in [-0.05, 0) is 6.92 Å². The van der Waals surface area contributed by atoms with Gasteiger partial charge in [0.25, 0.3) is 0 Å². The third kappa shape index (κ3) is 1.96. The molecule has 17 heavy (non-hydrogen) atoms. The van der Waals surface area contributed by atoms with E-state index < -0.39 is 0 Å². The van der Waals surface area contributed by atoms with E-state index in [4.69, 9.17) is 9.47 Å². The molecular formula is C11H18N4O2. The molecule has 94 valence electrons. The van der Waals surface area contributed by atoms with Gasteiger partial charge in [-0.25, -0.2) is 0 Å². The molecular weight excluding hydrogens is 220 g/mol. The molecule has 0 radical (unpaired) electrons. The Labute approximate surface area is 101 Å². The van der Waals surface area contributed by atoms with Gasteiger partial charge in [0, 0.05) is 20.0 Å². The molecule has 6 heteroatoms. The minimum absolute atomic E-state index is 0.340. The lowest BCUT2D eigenvalue weighted by atomic mass is 10.2. The molecule has 2 fully saturated rings. The molecule has 0 atom stereocenters. The van der Waals surface area contributed by atoms with Crippen LogP contribution in [-0.4, -0.2) is 51.8 Å². The summed E-state index contributed by atoms with van der Waals surface area (Å²) in [6, 6.07) is 0. The van der Waals surface area contributed by atoms with Crippen LogP contribution in [0.15, 0.2) is 0 Å². The molecule has 0 bridgehead atoms. The first-order valence-corrected chi connectivity index (χ1v) is 6.04. The van der Waals surface area contributed by atoms with E-state index in [9.17, 15) is 0 Å². The van der Waals surface area contributed by atoms with E-state index in [2.05, 4.69) is 15.1 Å². The van der Waals surface area contributed by atoms with Crippen molar-refractivity contribution in [3.05, 3.63) is 11.6 Å². The van der Waals surface area contributed by atoms with Gasteiger partial charge in [-0.1, -0.05) is 0 Å². The summed E-state index contributed by atoms with van der Waals surface area (Å²) in [6.45, 7) is 6.04. The minimum atomic E-state index is -0.340. The molecule has 0 N–H and O–H groups in total. The highest BCUT2D eigenvalue weighted by molar-refractivity contribution is 4.95. The molecule has 0 unspecified atom stereocenters. The van der Waals surface area contributed by atoms with Crippen molar-refractivity contribution in [2.75, 3.05) is 26.3 Å². The van der Waals surface area contributed by atoms with Crippen molar-refractivity contribution in [1.82, 2.24) is 19.7 Å². The highest BCUT2D eigenvalue weighted by atomic mass is 16.7. The highest BCUT2D eigenvalue weighted by Gasteiger charge is 2.43. The van der Waals surface area contributed by atoms with Crippen LogP contribution in [-0.2, 0) is 23.1 Å². The quantitative estimate of drug-likeness (QED) is 0.730. The van der Waals surface area contributed by atoms with Crippen LogP contribution in [0, 0.1) is 6.92 Å². The van der Waals surface area contributed by atoms with Gasteiger partial charge in [0.1, 0.15) is 11.6 Å². The number of hydrogen-bond donors (Lipinski definition) is 0. The van der Waals surface area contributed by atoms with E-state index in [1.165, 1.54) is 0 Å². The molecule has 2 aliphatic heterocycles. The lowest BCUT2D eigenvalue weighted by molar-refractivity contribution is -0.145. The fourth-order valence-electron chi connectivity index (χ4n) is 2.48. The summed E-state index contributed by atoms with van der Waals surface area (Å²) in [4.78, 5) is 2.31. The SMILES string of the molecule is Cc1nnc(CN2CCC3(C2)OCCO3)n1C. The zero-order chi connectivity index (χ0) is 11.9. The first kappa shape index (κ1) is 11.1. The molecule has 3 heterocycles. The van der Waals surface area contributed by atoms with Gasteiger partial charge in [-0.15, -0.1) is 10.2 Å². The Bertz CT molecular complexity index is 412. The molecule has 0 aromatic carbocycles. The van der Waals surface area contributed by atoms with Gasteiger partial charge in [-0.3, -0.25) is 4.90 Å². The Kier molecular flexibility index (Phi) is 2.65. The van der Waals surface area contributed by atoms with Crippen LogP contribution in [0.25, 0.3) is 0 Å². The Morgan fingerprint density at radius 2 is 2.06 bits per heavy atom. The van der Waals surface area contributed by atoms with Gasteiger partial charge in [0.05, 0.1) is 26.3 Å². The average Bonchev–Trinajstić information content (AvgIpc) is 3.00. The van der Waals surface area contributed by atoms with Crippen molar-refractivity contribution < 1.29 is 9.47 Å². The normalized spacial score (nSPS) is 23.9. The van der Waals surface area contributed by atoms with Crippen molar-refractivity contribution in [1.29, 1.82) is 0 Å². The monoisotopic (exact) mass is 238 g/mol. The Morgan fingerprint density at radius 1 is 1.29 bits per heavy atom. The minimum Gasteiger partial charge on any atom is -0.346 e. The van der Waals surface area contributed by atoms with Crippen LogP contribution in [0.2, 0.25) is 0 Å². The third-order valence-electron chi connectivity index (χ3n) is 3.63.